The molecule has 1 aromatic rings. The maximum absolute atomic E-state index is 11.8. The first-order valence-electron chi connectivity index (χ1n) is 5.69. The van der Waals surface area contributed by atoms with Gasteiger partial charge >= 0.3 is 5.97 Å². The summed E-state index contributed by atoms with van der Waals surface area (Å²) in [6.45, 7) is 0.702. The second kappa shape index (κ2) is 3.91. The van der Waals surface area contributed by atoms with Crippen LogP contribution in [0.1, 0.15) is 33.8 Å². The van der Waals surface area contributed by atoms with Crippen LogP contribution in [0.5, 0.6) is 5.75 Å². The van der Waals surface area contributed by atoms with E-state index in [0.717, 1.165) is 17.5 Å². The van der Waals surface area contributed by atoms with E-state index < -0.39 is 0 Å². The molecular weight excluding hydrogens is 240 g/mol. The third-order valence-corrected chi connectivity index (χ3v) is 3.86. The Morgan fingerprint density at radius 1 is 1.59 bits per heavy atom. The van der Waals surface area contributed by atoms with Gasteiger partial charge in [0.15, 0.2) is 0 Å². The molecule has 0 radical (unpaired) electrons. The number of halogens is 1. The van der Waals surface area contributed by atoms with Crippen molar-refractivity contribution < 1.29 is 14.3 Å². The zero-order valence-corrected chi connectivity index (χ0v) is 10.3. The molecule has 3 rings (SSSR count). The molecule has 0 spiro atoms. The highest BCUT2D eigenvalue weighted by Crippen LogP contribution is 2.54. The van der Waals surface area contributed by atoms with Crippen LogP contribution in [0.3, 0.4) is 0 Å². The van der Waals surface area contributed by atoms with Crippen molar-refractivity contribution in [1.82, 2.24) is 0 Å². The Balaban J connectivity index is 2.15. The molecule has 2 aliphatic rings. The van der Waals surface area contributed by atoms with E-state index in [1.165, 1.54) is 7.11 Å². The average Bonchev–Trinajstić information content (AvgIpc) is 3.15. The number of ether oxygens (including phenoxy) is 2. The Hall–Kier alpha value is -1.22. The summed E-state index contributed by atoms with van der Waals surface area (Å²) in [5.41, 5.74) is 2.41. The summed E-state index contributed by atoms with van der Waals surface area (Å²) in [5.74, 6) is 1.81. The lowest BCUT2D eigenvalue weighted by Crippen LogP contribution is -2.15. The number of esters is 1. The first kappa shape index (κ1) is 10.9. The third kappa shape index (κ3) is 1.61. The highest BCUT2D eigenvalue weighted by molar-refractivity contribution is 6.17. The van der Waals surface area contributed by atoms with Gasteiger partial charge in [0.25, 0.3) is 0 Å². The lowest BCUT2D eigenvalue weighted by Gasteiger charge is -2.20. The van der Waals surface area contributed by atoms with Crippen LogP contribution >= 0.6 is 11.6 Å². The quantitative estimate of drug-likeness (QED) is 0.600. The molecule has 3 nitrogen and oxygen atoms in total. The van der Waals surface area contributed by atoms with Crippen molar-refractivity contribution in [2.24, 2.45) is 5.92 Å². The summed E-state index contributed by atoms with van der Waals surface area (Å²) in [5, 5.41) is 0. The molecule has 0 saturated heterocycles. The van der Waals surface area contributed by atoms with E-state index in [4.69, 9.17) is 21.1 Å². The zero-order chi connectivity index (χ0) is 12.0. The molecule has 4 heteroatoms. The van der Waals surface area contributed by atoms with E-state index in [1.807, 2.05) is 12.1 Å². The van der Waals surface area contributed by atoms with E-state index in [2.05, 4.69) is 0 Å². The molecule has 1 heterocycles. The molecule has 0 bridgehead atoms. The van der Waals surface area contributed by atoms with Crippen molar-refractivity contribution in [3.05, 3.63) is 28.8 Å². The van der Waals surface area contributed by atoms with Crippen LogP contribution in [0.25, 0.3) is 0 Å². The minimum atomic E-state index is -0.364. The van der Waals surface area contributed by atoms with E-state index in [9.17, 15) is 4.79 Å². The number of carbonyl (C=O) groups is 1. The molecule has 1 fully saturated rings. The molecule has 0 amide bonds. The second-order valence-corrected chi connectivity index (χ2v) is 4.82. The maximum atomic E-state index is 11.8. The van der Waals surface area contributed by atoms with E-state index in [0.29, 0.717) is 29.8 Å². The van der Waals surface area contributed by atoms with Crippen molar-refractivity contribution in [3.8, 4) is 5.75 Å². The Kier molecular flexibility index (Phi) is 2.51. The van der Waals surface area contributed by atoms with Crippen molar-refractivity contribution in [2.45, 2.75) is 18.2 Å². The smallest absolute Gasteiger partial charge is 0.341 e. The highest BCUT2D eigenvalue weighted by Gasteiger charge is 2.45. The van der Waals surface area contributed by atoms with Crippen molar-refractivity contribution in [2.75, 3.05) is 13.7 Å². The number of methoxy groups -OCH3 is 1. The average molecular weight is 253 g/mol. The van der Waals surface area contributed by atoms with Crippen molar-refractivity contribution in [1.29, 1.82) is 0 Å². The van der Waals surface area contributed by atoms with E-state index in [1.54, 1.807) is 0 Å². The van der Waals surface area contributed by atoms with E-state index in [-0.39, 0.29) is 11.8 Å². The van der Waals surface area contributed by atoms with Gasteiger partial charge in [0.05, 0.1) is 13.7 Å². The molecule has 2 atom stereocenters. The molecule has 2 unspecified atom stereocenters. The van der Waals surface area contributed by atoms with Gasteiger partial charge in [-0.1, -0.05) is 12.1 Å². The van der Waals surface area contributed by atoms with Gasteiger partial charge in [-0.25, -0.2) is 4.79 Å². The number of hydrogen-bond acceptors (Lipinski definition) is 3. The van der Waals surface area contributed by atoms with Gasteiger partial charge in [0.1, 0.15) is 11.3 Å². The Bertz CT molecular complexity index is 484. The molecule has 90 valence electrons. The number of hydrogen-bond donors (Lipinski definition) is 0. The summed E-state index contributed by atoms with van der Waals surface area (Å²) in [4.78, 5) is 11.8. The number of benzene rings is 1. The van der Waals surface area contributed by atoms with Gasteiger partial charge in [-0.2, -0.15) is 0 Å². The summed E-state index contributed by atoms with van der Waals surface area (Å²) < 4.78 is 10.5. The van der Waals surface area contributed by atoms with Crippen molar-refractivity contribution in [3.63, 3.8) is 0 Å². The molecule has 0 aromatic heterocycles. The van der Waals surface area contributed by atoms with Gasteiger partial charge in [-0.3, -0.25) is 0 Å². The first-order valence-corrected chi connectivity index (χ1v) is 6.22. The number of carbonyl (C=O) groups excluding carboxylic acids is 1. The van der Waals surface area contributed by atoms with Crippen LogP contribution in [-0.4, -0.2) is 19.7 Å². The van der Waals surface area contributed by atoms with Gasteiger partial charge in [0.2, 0.25) is 0 Å². The van der Waals surface area contributed by atoms with Gasteiger partial charge < -0.3 is 9.47 Å². The predicted octanol–water partition coefficient (Wildman–Crippen LogP) is 2.71. The molecule has 1 saturated carbocycles. The van der Waals surface area contributed by atoms with Crippen molar-refractivity contribution >= 4 is 17.6 Å². The fourth-order valence-corrected chi connectivity index (χ4v) is 2.75. The minimum Gasteiger partial charge on any atom is -0.492 e. The lowest BCUT2D eigenvalue weighted by molar-refractivity contribution is 0.0594. The van der Waals surface area contributed by atoms with Crippen LogP contribution in [-0.2, 0) is 10.6 Å². The van der Waals surface area contributed by atoms with Crippen LogP contribution in [0.4, 0.5) is 0 Å². The molecule has 1 aliphatic carbocycles. The topological polar surface area (TPSA) is 35.5 Å². The standard InChI is InChI=1S/C13H13ClO3/c1-16-13(15)11-7(5-14)2-3-9-10-4-8(10)6-17-12(9)11/h2-3,8,10H,4-6H2,1H3. The minimum absolute atomic E-state index is 0.287. The van der Waals surface area contributed by atoms with Crippen LogP contribution < -0.4 is 4.74 Å². The normalized spacial score (nSPS) is 24.4. The maximum Gasteiger partial charge on any atom is 0.341 e. The summed E-state index contributed by atoms with van der Waals surface area (Å²) >= 11 is 5.86. The summed E-state index contributed by atoms with van der Waals surface area (Å²) in [7, 11) is 1.38. The molecular formula is C13H13ClO3. The van der Waals surface area contributed by atoms with Crippen LogP contribution in [0.15, 0.2) is 12.1 Å². The largest absolute Gasteiger partial charge is 0.492 e. The highest BCUT2D eigenvalue weighted by atomic mass is 35.5. The van der Waals surface area contributed by atoms with E-state index >= 15 is 0 Å². The Morgan fingerprint density at radius 2 is 2.41 bits per heavy atom. The van der Waals surface area contributed by atoms with Gasteiger partial charge in [-0.05, 0) is 23.5 Å². The third-order valence-electron chi connectivity index (χ3n) is 3.57. The predicted molar refractivity (Wildman–Crippen MR) is 63.7 cm³/mol. The second-order valence-electron chi connectivity index (χ2n) is 4.56. The fourth-order valence-electron chi connectivity index (χ4n) is 2.53. The molecule has 0 N–H and O–H groups in total. The zero-order valence-electron chi connectivity index (χ0n) is 9.53. The SMILES string of the molecule is COC(=O)c1c(CCl)ccc2c1OCC1CC21. The fraction of sp³-hybridized carbons (Fsp3) is 0.462. The molecule has 1 aliphatic heterocycles. The Morgan fingerprint density at radius 3 is 3.12 bits per heavy atom. The lowest BCUT2D eigenvalue weighted by atomic mass is 9.98. The molecule has 1 aromatic carbocycles. The number of fused-ring (bicyclic) bond motifs is 3. The summed E-state index contributed by atoms with van der Waals surface area (Å²) in [6, 6.07) is 3.94. The summed E-state index contributed by atoms with van der Waals surface area (Å²) in [6.07, 6.45) is 1.16. The number of rotatable bonds is 2. The van der Waals surface area contributed by atoms with Crippen LogP contribution in [0.2, 0.25) is 0 Å². The first-order chi connectivity index (χ1) is 8.26. The monoisotopic (exact) mass is 252 g/mol. The van der Waals surface area contributed by atoms with Crippen LogP contribution in [0, 0.1) is 5.92 Å². The Labute approximate surface area is 105 Å². The number of alkyl halides is 1. The van der Waals surface area contributed by atoms with Gasteiger partial charge in [0, 0.05) is 11.8 Å². The molecule has 17 heavy (non-hydrogen) atoms. The van der Waals surface area contributed by atoms with Gasteiger partial charge in [-0.15, -0.1) is 11.6 Å².